The summed E-state index contributed by atoms with van der Waals surface area (Å²) in [5, 5.41) is 0. The summed E-state index contributed by atoms with van der Waals surface area (Å²) in [7, 11) is 0. The van der Waals surface area contributed by atoms with Crippen LogP contribution in [0.15, 0.2) is 11.6 Å². The quantitative estimate of drug-likeness (QED) is 0.478. The van der Waals surface area contributed by atoms with Crippen LogP contribution in [0.2, 0.25) is 0 Å². The predicted molar refractivity (Wildman–Crippen MR) is 49.8 cm³/mol. The summed E-state index contributed by atoms with van der Waals surface area (Å²) >= 11 is 0. The molecule has 0 saturated heterocycles. The molecule has 12 heavy (non-hydrogen) atoms. The van der Waals surface area contributed by atoms with E-state index in [1.165, 1.54) is 0 Å². The molecule has 0 N–H and O–H groups in total. The molecule has 0 aliphatic heterocycles. The average molecular weight is 170 g/mol. The lowest BCUT2D eigenvalue weighted by molar-refractivity contribution is -0.139. The Morgan fingerprint density at radius 2 is 2.00 bits per heavy atom. The van der Waals surface area contributed by atoms with Crippen molar-refractivity contribution in [2.75, 3.05) is 6.61 Å². The Kier molecular flexibility index (Phi) is 5.43. The highest BCUT2D eigenvalue weighted by Gasteiger charge is 2.12. The molecule has 0 unspecified atom stereocenters. The molecule has 0 fully saturated rings. The van der Waals surface area contributed by atoms with Crippen LogP contribution >= 0.6 is 0 Å². The molecule has 0 amide bonds. The van der Waals surface area contributed by atoms with Gasteiger partial charge in [0.2, 0.25) is 0 Å². The molecule has 0 rings (SSSR count). The van der Waals surface area contributed by atoms with Crippen LogP contribution in [0.3, 0.4) is 0 Å². The van der Waals surface area contributed by atoms with E-state index in [0.29, 0.717) is 6.61 Å². The lowest BCUT2D eigenvalue weighted by atomic mass is 10.0. The second-order valence-corrected chi connectivity index (χ2v) is 2.94. The van der Waals surface area contributed by atoms with Crippen molar-refractivity contribution in [3.8, 4) is 0 Å². The van der Waals surface area contributed by atoms with E-state index < -0.39 is 0 Å². The topological polar surface area (TPSA) is 26.3 Å². The van der Waals surface area contributed by atoms with Crippen LogP contribution in [0.4, 0.5) is 0 Å². The molecule has 0 aliphatic rings. The minimum atomic E-state index is -0.172. The van der Waals surface area contributed by atoms with E-state index in [0.717, 1.165) is 12.0 Å². The Morgan fingerprint density at radius 3 is 2.33 bits per heavy atom. The molecule has 0 aromatic rings. The number of esters is 1. The van der Waals surface area contributed by atoms with Crippen LogP contribution < -0.4 is 0 Å². The lowest BCUT2D eigenvalue weighted by Gasteiger charge is -2.09. The second-order valence-electron chi connectivity index (χ2n) is 2.94. The minimum absolute atomic E-state index is 0.172. The molecule has 2 heteroatoms. The zero-order chi connectivity index (χ0) is 9.56. The van der Waals surface area contributed by atoms with Gasteiger partial charge in [0.05, 0.1) is 6.61 Å². The minimum Gasteiger partial charge on any atom is -0.463 e. The molecule has 0 atom stereocenters. The fourth-order valence-electron chi connectivity index (χ4n) is 0.989. The van der Waals surface area contributed by atoms with Crippen LogP contribution in [0.5, 0.6) is 0 Å². The van der Waals surface area contributed by atoms with Gasteiger partial charge in [0.25, 0.3) is 0 Å². The van der Waals surface area contributed by atoms with Gasteiger partial charge in [-0.3, -0.25) is 0 Å². The SMILES string of the molecule is CC/C=C(/C(=O)OCC)C(C)C. The van der Waals surface area contributed by atoms with Crippen molar-refractivity contribution in [3.05, 3.63) is 11.6 Å². The van der Waals surface area contributed by atoms with Gasteiger partial charge in [-0.25, -0.2) is 4.79 Å². The van der Waals surface area contributed by atoms with Crippen molar-refractivity contribution in [2.45, 2.75) is 34.1 Å². The molecule has 0 aromatic carbocycles. The average Bonchev–Trinajstić information content (AvgIpc) is 1.99. The first-order valence-electron chi connectivity index (χ1n) is 4.50. The summed E-state index contributed by atoms with van der Waals surface area (Å²) in [4.78, 5) is 11.3. The van der Waals surface area contributed by atoms with Gasteiger partial charge < -0.3 is 4.74 Å². The summed E-state index contributed by atoms with van der Waals surface area (Å²) in [6.45, 7) is 8.28. The monoisotopic (exact) mass is 170 g/mol. The largest absolute Gasteiger partial charge is 0.463 e. The standard InChI is InChI=1S/C10H18O2/c1-5-7-9(8(3)4)10(11)12-6-2/h7-8H,5-6H2,1-4H3/b9-7+. The van der Waals surface area contributed by atoms with E-state index >= 15 is 0 Å². The van der Waals surface area contributed by atoms with Gasteiger partial charge in [-0.1, -0.05) is 26.8 Å². The summed E-state index contributed by atoms with van der Waals surface area (Å²) in [5.41, 5.74) is 0.791. The van der Waals surface area contributed by atoms with Crippen molar-refractivity contribution in [2.24, 2.45) is 5.92 Å². The number of carbonyl (C=O) groups is 1. The molecule has 0 saturated carbocycles. The van der Waals surface area contributed by atoms with Gasteiger partial charge in [0.15, 0.2) is 0 Å². The fraction of sp³-hybridized carbons (Fsp3) is 0.700. The second kappa shape index (κ2) is 5.81. The Balaban J connectivity index is 4.30. The van der Waals surface area contributed by atoms with E-state index in [2.05, 4.69) is 0 Å². The first kappa shape index (κ1) is 11.2. The molecule has 0 aromatic heterocycles. The summed E-state index contributed by atoms with van der Waals surface area (Å²) in [5.74, 6) is 0.0818. The van der Waals surface area contributed by atoms with Gasteiger partial charge in [-0.05, 0) is 19.3 Å². The van der Waals surface area contributed by atoms with Crippen molar-refractivity contribution in [1.29, 1.82) is 0 Å². The third-order valence-electron chi connectivity index (χ3n) is 1.56. The number of hydrogen-bond donors (Lipinski definition) is 0. The molecule has 0 spiro atoms. The van der Waals surface area contributed by atoms with Crippen LogP contribution in [0, 0.1) is 5.92 Å². The summed E-state index contributed by atoms with van der Waals surface area (Å²) in [6.07, 6.45) is 2.81. The zero-order valence-corrected chi connectivity index (χ0v) is 8.39. The van der Waals surface area contributed by atoms with Crippen LogP contribution in [0.1, 0.15) is 34.1 Å². The van der Waals surface area contributed by atoms with E-state index in [-0.39, 0.29) is 11.9 Å². The molecule has 70 valence electrons. The van der Waals surface area contributed by atoms with Gasteiger partial charge in [-0.15, -0.1) is 0 Å². The normalized spacial score (nSPS) is 11.9. The molecule has 0 radical (unpaired) electrons. The number of ether oxygens (including phenoxy) is 1. The molecule has 0 aliphatic carbocycles. The van der Waals surface area contributed by atoms with E-state index in [9.17, 15) is 4.79 Å². The number of carbonyl (C=O) groups excluding carboxylic acids is 1. The fourth-order valence-corrected chi connectivity index (χ4v) is 0.989. The summed E-state index contributed by atoms with van der Waals surface area (Å²) in [6, 6.07) is 0. The van der Waals surface area contributed by atoms with Crippen molar-refractivity contribution in [1.82, 2.24) is 0 Å². The Bertz CT molecular complexity index is 169. The highest BCUT2D eigenvalue weighted by atomic mass is 16.5. The van der Waals surface area contributed by atoms with Gasteiger partial charge in [0.1, 0.15) is 0 Å². The third kappa shape index (κ3) is 3.56. The zero-order valence-electron chi connectivity index (χ0n) is 8.39. The van der Waals surface area contributed by atoms with E-state index in [1.54, 1.807) is 0 Å². The van der Waals surface area contributed by atoms with Crippen molar-refractivity contribution < 1.29 is 9.53 Å². The van der Waals surface area contributed by atoms with Gasteiger partial charge in [-0.2, -0.15) is 0 Å². The highest BCUT2D eigenvalue weighted by molar-refractivity contribution is 5.88. The molecular formula is C10H18O2. The van der Waals surface area contributed by atoms with E-state index in [1.807, 2.05) is 33.8 Å². The molecular weight excluding hydrogens is 152 g/mol. The molecule has 2 nitrogen and oxygen atoms in total. The van der Waals surface area contributed by atoms with Gasteiger partial charge >= 0.3 is 5.97 Å². The van der Waals surface area contributed by atoms with Crippen LogP contribution in [-0.4, -0.2) is 12.6 Å². The van der Waals surface area contributed by atoms with Crippen LogP contribution in [-0.2, 0) is 9.53 Å². The first-order chi connectivity index (χ1) is 5.63. The van der Waals surface area contributed by atoms with Crippen molar-refractivity contribution in [3.63, 3.8) is 0 Å². The first-order valence-corrected chi connectivity index (χ1v) is 4.50. The third-order valence-corrected chi connectivity index (χ3v) is 1.56. The van der Waals surface area contributed by atoms with Crippen LogP contribution in [0.25, 0.3) is 0 Å². The smallest absolute Gasteiger partial charge is 0.333 e. The Hall–Kier alpha value is -0.790. The molecule has 0 bridgehead atoms. The summed E-state index contributed by atoms with van der Waals surface area (Å²) < 4.78 is 4.91. The number of hydrogen-bond acceptors (Lipinski definition) is 2. The maximum Gasteiger partial charge on any atom is 0.333 e. The lowest BCUT2D eigenvalue weighted by Crippen LogP contribution is -2.12. The van der Waals surface area contributed by atoms with Gasteiger partial charge in [0, 0.05) is 5.57 Å². The number of allylic oxidation sites excluding steroid dienone is 1. The Labute approximate surface area is 74.6 Å². The van der Waals surface area contributed by atoms with Crippen molar-refractivity contribution >= 4 is 5.97 Å². The maximum atomic E-state index is 11.3. The predicted octanol–water partition coefficient (Wildman–Crippen LogP) is 2.54. The Morgan fingerprint density at radius 1 is 1.42 bits per heavy atom. The number of rotatable bonds is 4. The highest BCUT2D eigenvalue weighted by Crippen LogP contribution is 2.12. The maximum absolute atomic E-state index is 11.3. The van der Waals surface area contributed by atoms with E-state index in [4.69, 9.17) is 4.74 Å². The molecule has 0 heterocycles.